The van der Waals surface area contributed by atoms with Crippen molar-refractivity contribution in [1.29, 1.82) is 0 Å². The lowest BCUT2D eigenvalue weighted by molar-refractivity contribution is 0.194. The van der Waals surface area contributed by atoms with E-state index in [0.717, 1.165) is 13.0 Å². The number of aliphatic hydroxyl groups excluding tert-OH is 1. The molecule has 0 bridgehead atoms. The first-order valence-electron chi connectivity index (χ1n) is 7.82. The lowest BCUT2D eigenvalue weighted by Gasteiger charge is -2.24. The summed E-state index contributed by atoms with van der Waals surface area (Å²) >= 11 is 0. The van der Waals surface area contributed by atoms with Crippen LogP contribution in [-0.4, -0.2) is 29.3 Å². The molecule has 1 rings (SSSR count). The minimum atomic E-state index is 0.225. The Labute approximate surface area is 118 Å². The molecule has 0 aliphatic carbocycles. The molecule has 0 aromatic carbocycles. The second kappa shape index (κ2) is 10.9. The summed E-state index contributed by atoms with van der Waals surface area (Å²) in [4.78, 5) is 2.18. The molecule has 0 radical (unpaired) electrons. The highest BCUT2D eigenvalue weighted by atomic mass is 16.3. The minimum Gasteiger partial charge on any atom is -0.395 e. The first-order chi connectivity index (χ1) is 9.38. The maximum Gasteiger partial charge on any atom is 0.0982 e. The number of allylic oxidation sites excluding steroid dienone is 2. The Hall–Kier alpha value is -0.960. The number of unbranched alkanes of at least 4 members (excludes halogenated alkanes) is 5. The Kier molecular flexibility index (Phi) is 9.25. The highest BCUT2D eigenvalue weighted by Gasteiger charge is 2.16. The Balaban J connectivity index is 1.96. The molecule has 0 aromatic heterocycles. The van der Waals surface area contributed by atoms with Crippen LogP contribution >= 0.6 is 0 Å². The van der Waals surface area contributed by atoms with Crippen LogP contribution < -0.4 is 5.32 Å². The van der Waals surface area contributed by atoms with E-state index in [9.17, 15) is 0 Å². The van der Waals surface area contributed by atoms with Gasteiger partial charge in [-0.1, -0.05) is 31.9 Å². The molecule has 1 aliphatic rings. The van der Waals surface area contributed by atoms with Gasteiger partial charge in [0, 0.05) is 18.9 Å². The highest BCUT2D eigenvalue weighted by Crippen LogP contribution is 2.12. The largest absolute Gasteiger partial charge is 0.395 e. The standard InChI is InChI=1S/C16H30N2O/c1-2-3-4-5-6-7-8-9-10-11-16-17-12-13-18(16)14-15-19/h6-7,12-13,16-17,19H,2-5,8-11,14-15H2,1H3/b7-6+. The predicted octanol–water partition coefficient (Wildman–Crippen LogP) is 3.38. The zero-order valence-corrected chi connectivity index (χ0v) is 12.4. The van der Waals surface area contributed by atoms with Gasteiger partial charge in [0.25, 0.3) is 0 Å². The van der Waals surface area contributed by atoms with E-state index >= 15 is 0 Å². The van der Waals surface area contributed by atoms with E-state index in [1.807, 2.05) is 12.4 Å². The maximum atomic E-state index is 8.96. The number of nitrogens with one attached hydrogen (secondary N) is 1. The molecule has 3 nitrogen and oxygen atoms in total. The lowest BCUT2D eigenvalue weighted by atomic mass is 10.1. The van der Waals surface area contributed by atoms with Crippen molar-refractivity contribution in [2.75, 3.05) is 13.2 Å². The molecule has 0 fully saturated rings. The fourth-order valence-electron chi connectivity index (χ4n) is 2.39. The summed E-state index contributed by atoms with van der Waals surface area (Å²) in [5, 5.41) is 12.3. The van der Waals surface area contributed by atoms with Crippen LogP contribution in [0.4, 0.5) is 0 Å². The van der Waals surface area contributed by atoms with E-state index in [4.69, 9.17) is 5.11 Å². The molecular weight excluding hydrogens is 236 g/mol. The van der Waals surface area contributed by atoms with E-state index in [-0.39, 0.29) is 6.61 Å². The molecule has 0 saturated heterocycles. The van der Waals surface area contributed by atoms with Crippen molar-refractivity contribution in [3.8, 4) is 0 Å². The second-order valence-electron chi connectivity index (χ2n) is 5.21. The molecular formula is C16H30N2O. The zero-order chi connectivity index (χ0) is 13.8. The topological polar surface area (TPSA) is 35.5 Å². The van der Waals surface area contributed by atoms with Gasteiger partial charge in [0.2, 0.25) is 0 Å². The first-order valence-corrected chi connectivity index (χ1v) is 7.82. The van der Waals surface area contributed by atoms with Crippen LogP contribution in [0.25, 0.3) is 0 Å². The van der Waals surface area contributed by atoms with Crippen LogP contribution in [0.3, 0.4) is 0 Å². The summed E-state index contributed by atoms with van der Waals surface area (Å²) in [7, 11) is 0. The van der Waals surface area contributed by atoms with E-state index in [0.29, 0.717) is 6.17 Å². The van der Waals surface area contributed by atoms with Gasteiger partial charge in [-0.2, -0.15) is 0 Å². The van der Waals surface area contributed by atoms with E-state index in [1.54, 1.807) is 0 Å². The molecule has 0 spiro atoms. The number of nitrogens with zero attached hydrogens (tertiary/aromatic N) is 1. The predicted molar refractivity (Wildman–Crippen MR) is 81.6 cm³/mol. The quantitative estimate of drug-likeness (QED) is 0.444. The Morgan fingerprint density at radius 1 is 1.16 bits per heavy atom. The van der Waals surface area contributed by atoms with Crippen LogP contribution in [-0.2, 0) is 0 Å². The van der Waals surface area contributed by atoms with E-state index < -0.39 is 0 Å². The monoisotopic (exact) mass is 266 g/mol. The van der Waals surface area contributed by atoms with E-state index in [2.05, 4.69) is 29.3 Å². The number of hydrogen-bond donors (Lipinski definition) is 2. The van der Waals surface area contributed by atoms with Crippen molar-refractivity contribution < 1.29 is 5.11 Å². The second-order valence-corrected chi connectivity index (χ2v) is 5.21. The van der Waals surface area contributed by atoms with Gasteiger partial charge in [-0.3, -0.25) is 0 Å². The third-order valence-electron chi connectivity index (χ3n) is 3.55. The summed E-state index contributed by atoms with van der Waals surface area (Å²) in [5.74, 6) is 0. The zero-order valence-electron chi connectivity index (χ0n) is 12.4. The van der Waals surface area contributed by atoms with Gasteiger partial charge in [0.1, 0.15) is 0 Å². The third-order valence-corrected chi connectivity index (χ3v) is 3.55. The molecule has 3 heteroatoms. The third kappa shape index (κ3) is 7.26. The van der Waals surface area contributed by atoms with Crippen LogP contribution in [0.1, 0.15) is 58.3 Å². The average molecular weight is 266 g/mol. The van der Waals surface area contributed by atoms with Crippen LogP contribution in [0.15, 0.2) is 24.6 Å². The van der Waals surface area contributed by atoms with Gasteiger partial charge in [-0.15, -0.1) is 0 Å². The maximum absolute atomic E-state index is 8.96. The average Bonchev–Trinajstić information content (AvgIpc) is 2.85. The molecule has 1 heterocycles. The summed E-state index contributed by atoms with van der Waals surface area (Å²) in [6.07, 6.45) is 19.2. The van der Waals surface area contributed by atoms with Gasteiger partial charge in [-0.05, 0) is 38.5 Å². The summed E-state index contributed by atoms with van der Waals surface area (Å²) in [5.41, 5.74) is 0. The highest BCUT2D eigenvalue weighted by molar-refractivity contribution is 4.94. The Morgan fingerprint density at radius 2 is 1.89 bits per heavy atom. The molecule has 0 amide bonds. The Morgan fingerprint density at radius 3 is 2.58 bits per heavy atom. The summed E-state index contributed by atoms with van der Waals surface area (Å²) < 4.78 is 0. The van der Waals surface area contributed by atoms with Gasteiger partial charge >= 0.3 is 0 Å². The molecule has 110 valence electrons. The van der Waals surface area contributed by atoms with Crippen molar-refractivity contribution >= 4 is 0 Å². The number of β-amino-alcohol motifs (C(OH)–C–C–N with tert-alkyl or cyclic N) is 1. The van der Waals surface area contributed by atoms with Crippen LogP contribution in [0.2, 0.25) is 0 Å². The van der Waals surface area contributed by atoms with Crippen molar-refractivity contribution in [3.63, 3.8) is 0 Å². The number of hydrogen-bond acceptors (Lipinski definition) is 3. The van der Waals surface area contributed by atoms with Crippen LogP contribution in [0, 0.1) is 0 Å². The van der Waals surface area contributed by atoms with Crippen molar-refractivity contribution in [2.45, 2.75) is 64.5 Å². The smallest absolute Gasteiger partial charge is 0.0982 e. The first kappa shape index (κ1) is 16.1. The molecule has 1 aliphatic heterocycles. The fraction of sp³-hybridized carbons (Fsp3) is 0.750. The minimum absolute atomic E-state index is 0.225. The van der Waals surface area contributed by atoms with Crippen molar-refractivity contribution in [2.24, 2.45) is 0 Å². The molecule has 19 heavy (non-hydrogen) atoms. The van der Waals surface area contributed by atoms with Gasteiger partial charge < -0.3 is 15.3 Å². The van der Waals surface area contributed by atoms with Crippen molar-refractivity contribution in [3.05, 3.63) is 24.6 Å². The van der Waals surface area contributed by atoms with Gasteiger partial charge in [0.05, 0.1) is 12.8 Å². The Bertz CT molecular complexity index is 263. The number of rotatable bonds is 11. The number of aliphatic hydroxyl groups is 1. The fourth-order valence-corrected chi connectivity index (χ4v) is 2.39. The normalized spacial score (nSPS) is 18.4. The molecule has 2 N–H and O–H groups in total. The van der Waals surface area contributed by atoms with Crippen LogP contribution in [0.5, 0.6) is 0 Å². The molecule has 1 unspecified atom stereocenters. The molecule has 0 saturated carbocycles. The van der Waals surface area contributed by atoms with Gasteiger partial charge in [-0.25, -0.2) is 0 Å². The lowest BCUT2D eigenvalue weighted by Crippen LogP contribution is -2.36. The van der Waals surface area contributed by atoms with E-state index in [1.165, 1.54) is 44.9 Å². The SMILES string of the molecule is CCCCC/C=C/CCCCC1NC=CN1CCO. The summed E-state index contributed by atoms with van der Waals surface area (Å²) in [6.45, 7) is 3.20. The molecule has 1 atom stereocenters. The summed E-state index contributed by atoms with van der Waals surface area (Å²) in [6, 6.07) is 0. The molecule has 0 aromatic rings. The van der Waals surface area contributed by atoms with Crippen molar-refractivity contribution in [1.82, 2.24) is 10.2 Å². The van der Waals surface area contributed by atoms with Gasteiger partial charge in [0.15, 0.2) is 0 Å².